The molecule has 200 valence electrons. The van der Waals surface area contributed by atoms with E-state index in [9.17, 15) is 14.0 Å². The maximum Gasteiger partial charge on any atom is 0.149 e. The number of methoxy groups -OCH3 is 1. The van der Waals surface area contributed by atoms with E-state index in [-0.39, 0.29) is 17.2 Å². The van der Waals surface area contributed by atoms with Gasteiger partial charge in [-0.05, 0) is 69.7 Å². The molecule has 1 saturated carbocycles. The van der Waals surface area contributed by atoms with Crippen molar-refractivity contribution >= 4 is 11.5 Å². The van der Waals surface area contributed by atoms with Crippen LogP contribution in [0, 0.1) is 28.4 Å². The second-order valence-corrected chi connectivity index (χ2v) is 10.3. The Morgan fingerprint density at radius 1 is 1.11 bits per heavy atom. The predicted molar refractivity (Wildman–Crippen MR) is 140 cm³/mol. The fourth-order valence-electron chi connectivity index (χ4n) is 5.24. The number of aromatic nitrogens is 1. The van der Waals surface area contributed by atoms with Crippen molar-refractivity contribution in [2.45, 2.75) is 63.6 Å². The Hall–Kier alpha value is -2.80. The van der Waals surface area contributed by atoms with Gasteiger partial charge in [-0.15, -0.1) is 0 Å². The molecular weight excluding hydrogens is 476 g/mol. The van der Waals surface area contributed by atoms with Gasteiger partial charge < -0.3 is 25.4 Å². The third kappa shape index (κ3) is 7.16. The molecule has 1 aromatic carbocycles. The molecule has 0 amide bonds. The van der Waals surface area contributed by atoms with Crippen molar-refractivity contribution in [3.05, 3.63) is 42.1 Å². The smallest absolute Gasteiger partial charge is 0.149 e. The summed E-state index contributed by atoms with van der Waals surface area (Å²) < 4.78 is 40.3. The molecule has 37 heavy (non-hydrogen) atoms. The molecule has 0 unspecified atom stereocenters. The summed E-state index contributed by atoms with van der Waals surface area (Å²) in [7, 11) is 1.71. The summed E-state index contributed by atoms with van der Waals surface area (Å²) >= 11 is 0. The van der Waals surface area contributed by atoms with E-state index in [2.05, 4.69) is 33.9 Å². The van der Waals surface area contributed by atoms with Gasteiger partial charge in [0.25, 0.3) is 0 Å². The van der Waals surface area contributed by atoms with Crippen LogP contribution in [0.25, 0.3) is 11.1 Å². The molecule has 0 spiro atoms. The fourth-order valence-corrected chi connectivity index (χ4v) is 5.24. The minimum absolute atomic E-state index is 0.156. The van der Waals surface area contributed by atoms with Gasteiger partial charge in [-0.3, -0.25) is 0 Å². The van der Waals surface area contributed by atoms with Gasteiger partial charge in [0.15, 0.2) is 0 Å². The van der Waals surface area contributed by atoms with Crippen molar-refractivity contribution in [1.82, 2.24) is 10.3 Å². The highest BCUT2D eigenvalue weighted by Crippen LogP contribution is 2.33. The van der Waals surface area contributed by atoms with Gasteiger partial charge >= 0.3 is 0 Å². The van der Waals surface area contributed by atoms with Crippen molar-refractivity contribution in [1.29, 1.82) is 5.26 Å². The number of nitrogens with zero attached hydrogens (tertiary/aromatic N) is 2. The first kappa shape index (κ1) is 27.2. The Morgan fingerprint density at radius 3 is 2.51 bits per heavy atom. The summed E-state index contributed by atoms with van der Waals surface area (Å²) in [5.41, 5.74) is 0.425. The van der Waals surface area contributed by atoms with E-state index < -0.39 is 17.0 Å². The minimum Gasteiger partial charge on any atom is -0.383 e. The van der Waals surface area contributed by atoms with E-state index in [1.807, 2.05) is 0 Å². The lowest BCUT2D eigenvalue weighted by Gasteiger charge is -2.32. The van der Waals surface area contributed by atoms with Gasteiger partial charge in [0.2, 0.25) is 0 Å². The SMILES string of the molecule is COC[C@H](C)NC1CCC(Nc2cc(-c3cc(NCC4(C#N)CCOCC4)ccc3F)c(F)cn2)CC1. The van der Waals surface area contributed by atoms with Crippen LogP contribution >= 0.6 is 0 Å². The topological polar surface area (TPSA) is 91.2 Å². The van der Waals surface area contributed by atoms with Crippen LogP contribution in [-0.4, -0.2) is 56.6 Å². The summed E-state index contributed by atoms with van der Waals surface area (Å²) in [5, 5.41) is 20.0. The molecule has 2 fully saturated rings. The second kappa shape index (κ2) is 12.6. The molecular formula is C28H37F2N5O2. The number of halogens is 2. The van der Waals surface area contributed by atoms with Crippen molar-refractivity contribution in [2.75, 3.05) is 44.1 Å². The first-order valence-corrected chi connectivity index (χ1v) is 13.1. The van der Waals surface area contributed by atoms with E-state index in [0.717, 1.165) is 31.9 Å². The summed E-state index contributed by atoms with van der Waals surface area (Å²) in [6.07, 6.45) is 6.41. The van der Waals surface area contributed by atoms with Crippen molar-refractivity contribution in [2.24, 2.45) is 5.41 Å². The zero-order chi connectivity index (χ0) is 26.3. The number of ether oxygens (including phenoxy) is 2. The van der Waals surface area contributed by atoms with Gasteiger partial charge in [-0.2, -0.15) is 5.26 Å². The Morgan fingerprint density at radius 2 is 1.81 bits per heavy atom. The highest BCUT2D eigenvalue weighted by molar-refractivity contribution is 5.71. The molecule has 0 bridgehead atoms. The number of hydrogen-bond donors (Lipinski definition) is 3. The fraction of sp³-hybridized carbons (Fsp3) is 0.571. The van der Waals surface area contributed by atoms with E-state index >= 15 is 0 Å². The largest absolute Gasteiger partial charge is 0.383 e. The summed E-state index contributed by atoms with van der Waals surface area (Å²) in [6, 6.07) is 9.51. The minimum atomic E-state index is -0.584. The molecule has 2 aromatic rings. The standard InChI is InChI=1S/C28H37F2N5O2/c1-19(16-36-2)34-20-3-5-21(6-4-20)35-27-14-24(26(30)15-32-27)23-13-22(7-8-25(23)29)33-18-28(17-31)9-11-37-12-10-28/h7-8,13-15,19-21,33-34H,3-6,9-12,16,18H2,1-2H3,(H,32,35)/t19-,20?,21?/m0/s1. The molecule has 1 aromatic heterocycles. The quantitative estimate of drug-likeness (QED) is 0.407. The maximum atomic E-state index is 14.8. The highest BCUT2D eigenvalue weighted by Gasteiger charge is 2.32. The van der Waals surface area contributed by atoms with Gasteiger partial charge in [-0.25, -0.2) is 13.8 Å². The van der Waals surface area contributed by atoms with Crippen molar-refractivity contribution in [3.8, 4) is 17.2 Å². The Balaban J connectivity index is 1.41. The number of rotatable bonds is 10. The monoisotopic (exact) mass is 513 g/mol. The van der Waals surface area contributed by atoms with E-state index in [4.69, 9.17) is 9.47 Å². The highest BCUT2D eigenvalue weighted by atomic mass is 19.1. The number of hydrogen-bond acceptors (Lipinski definition) is 7. The zero-order valence-electron chi connectivity index (χ0n) is 21.7. The average molecular weight is 514 g/mol. The molecule has 7 nitrogen and oxygen atoms in total. The predicted octanol–water partition coefficient (Wildman–Crippen LogP) is 5.11. The first-order valence-electron chi connectivity index (χ1n) is 13.1. The van der Waals surface area contributed by atoms with Crippen LogP contribution in [0.2, 0.25) is 0 Å². The van der Waals surface area contributed by atoms with Crippen molar-refractivity contribution in [3.63, 3.8) is 0 Å². The lowest BCUT2D eigenvalue weighted by molar-refractivity contribution is 0.0456. The third-order valence-corrected chi connectivity index (χ3v) is 7.45. The molecule has 1 atom stereocenters. The molecule has 0 radical (unpaired) electrons. The number of anilines is 2. The molecule has 2 heterocycles. The lowest BCUT2D eigenvalue weighted by Crippen LogP contribution is -2.42. The zero-order valence-corrected chi connectivity index (χ0v) is 21.7. The van der Waals surface area contributed by atoms with Gasteiger partial charge in [-0.1, -0.05) is 0 Å². The van der Waals surface area contributed by atoms with Crippen LogP contribution < -0.4 is 16.0 Å². The third-order valence-electron chi connectivity index (χ3n) is 7.45. The van der Waals surface area contributed by atoms with Crippen LogP contribution in [0.1, 0.15) is 45.4 Å². The normalized spacial score (nSPS) is 22.1. The molecule has 4 rings (SSSR count). The molecule has 1 aliphatic heterocycles. The molecule has 1 aliphatic carbocycles. The van der Waals surface area contributed by atoms with Crippen LogP contribution in [0.5, 0.6) is 0 Å². The Kier molecular flexibility index (Phi) is 9.30. The molecule has 2 aliphatic rings. The number of benzene rings is 1. The molecule has 1 saturated heterocycles. The van der Waals surface area contributed by atoms with Crippen LogP contribution in [0.4, 0.5) is 20.3 Å². The lowest BCUT2D eigenvalue weighted by atomic mass is 9.81. The van der Waals surface area contributed by atoms with Gasteiger partial charge in [0.1, 0.15) is 17.5 Å². The maximum absolute atomic E-state index is 14.8. The Bertz CT molecular complexity index is 1080. The average Bonchev–Trinajstić information content (AvgIpc) is 2.91. The number of pyridine rings is 1. The van der Waals surface area contributed by atoms with E-state index in [1.54, 1.807) is 25.3 Å². The van der Waals surface area contributed by atoms with Gasteiger partial charge in [0, 0.05) is 61.8 Å². The molecule has 3 N–H and O–H groups in total. The van der Waals surface area contributed by atoms with Crippen molar-refractivity contribution < 1.29 is 18.3 Å². The Labute approximate surface area is 218 Å². The van der Waals surface area contributed by atoms with Crippen LogP contribution in [0.3, 0.4) is 0 Å². The van der Waals surface area contributed by atoms with E-state index in [1.165, 1.54) is 6.07 Å². The summed E-state index contributed by atoms with van der Waals surface area (Å²) in [4.78, 5) is 4.22. The van der Waals surface area contributed by atoms with Crippen LogP contribution in [-0.2, 0) is 9.47 Å². The second-order valence-electron chi connectivity index (χ2n) is 10.3. The van der Waals surface area contributed by atoms with Gasteiger partial charge in [0.05, 0.1) is 24.3 Å². The number of nitrogens with one attached hydrogen (secondary N) is 3. The number of nitriles is 1. The summed E-state index contributed by atoms with van der Waals surface area (Å²) in [5.74, 6) is -0.567. The first-order chi connectivity index (χ1) is 17.9. The van der Waals surface area contributed by atoms with Crippen LogP contribution in [0.15, 0.2) is 30.5 Å². The van der Waals surface area contributed by atoms with E-state index in [0.29, 0.717) is 62.8 Å². The molecule has 9 heteroatoms. The summed E-state index contributed by atoms with van der Waals surface area (Å²) in [6.45, 7) is 4.32.